The number of nitrogens with zero attached hydrogens (tertiary/aromatic N) is 2. The third-order valence-corrected chi connectivity index (χ3v) is 6.02. The second kappa shape index (κ2) is 6.63. The second-order valence-electron chi connectivity index (χ2n) is 8.14. The lowest BCUT2D eigenvalue weighted by molar-refractivity contribution is -0.659. The van der Waals surface area contributed by atoms with Crippen LogP contribution in [-0.4, -0.2) is 4.98 Å². The summed E-state index contributed by atoms with van der Waals surface area (Å²) in [7, 11) is 1.98. The van der Waals surface area contributed by atoms with Gasteiger partial charge in [-0.05, 0) is 54.3 Å². The van der Waals surface area contributed by atoms with Gasteiger partial charge in [-0.3, -0.25) is 4.98 Å². The minimum atomic E-state index is -2.82. The van der Waals surface area contributed by atoms with Crippen molar-refractivity contribution in [2.45, 2.75) is 33.0 Å². The van der Waals surface area contributed by atoms with Crippen LogP contribution in [-0.2, 0) is 12.5 Å². The molecule has 0 fully saturated rings. The molecule has 0 unspecified atom stereocenters. The molecule has 2 nitrogen and oxygen atoms in total. The van der Waals surface area contributed by atoms with Crippen molar-refractivity contribution < 1.29 is 12.8 Å². The zero-order valence-corrected chi connectivity index (χ0v) is 17.3. The Hall–Kier alpha value is -3.26. The van der Waals surface area contributed by atoms with Gasteiger partial charge in [0.2, 0.25) is 5.69 Å². The molecule has 1 aliphatic rings. The standard InChI is InChI=1S/C28H27N2/c1-18-8-10-20(11-9-18)21-12-13-26(30(5)17-21)23-16-24-22-7-6-14-29-27(22)28(3,4)25(24)15-19(23)2/h6-17H,1-5H3/q+1/i3D3,4D3. The fraction of sp³-hybridized carbons (Fsp3) is 0.214. The minimum absolute atomic E-state index is 0.0932. The first-order chi connectivity index (χ1) is 16.9. The van der Waals surface area contributed by atoms with Gasteiger partial charge in [0.1, 0.15) is 7.05 Å². The van der Waals surface area contributed by atoms with E-state index in [2.05, 4.69) is 48.4 Å². The van der Waals surface area contributed by atoms with Crippen molar-refractivity contribution in [1.82, 2.24) is 4.98 Å². The van der Waals surface area contributed by atoms with Crippen LogP contribution in [0, 0.1) is 13.8 Å². The highest BCUT2D eigenvalue weighted by Gasteiger charge is 2.37. The van der Waals surface area contributed by atoms with Crippen LogP contribution in [0.3, 0.4) is 0 Å². The van der Waals surface area contributed by atoms with Gasteiger partial charge in [0.15, 0.2) is 6.20 Å². The maximum Gasteiger partial charge on any atom is 0.212 e. The van der Waals surface area contributed by atoms with E-state index < -0.39 is 19.1 Å². The first-order valence-corrected chi connectivity index (χ1v) is 10.0. The van der Waals surface area contributed by atoms with Gasteiger partial charge in [-0.25, -0.2) is 4.57 Å². The van der Waals surface area contributed by atoms with Gasteiger partial charge in [-0.2, -0.15) is 0 Å². The summed E-state index contributed by atoms with van der Waals surface area (Å²) in [6, 6.07) is 19.6. The number of pyridine rings is 2. The molecule has 1 aliphatic carbocycles. The normalized spacial score (nSPS) is 17.6. The lowest BCUT2D eigenvalue weighted by Crippen LogP contribution is -2.31. The highest BCUT2D eigenvalue weighted by Crippen LogP contribution is 2.49. The molecule has 0 atom stereocenters. The van der Waals surface area contributed by atoms with E-state index in [-0.39, 0.29) is 11.3 Å². The number of aryl methyl sites for hydroxylation is 3. The maximum absolute atomic E-state index is 8.36. The molecule has 0 saturated heterocycles. The van der Waals surface area contributed by atoms with E-state index in [4.69, 9.17) is 8.22 Å². The Bertz CT molecular complexity index is 1470. The van der Waals surface area contributed by atoms with Gasteiger partial charge in [0, 0.05) is 42.6 Å². The third kappa shape index (κ3) is 2.79. The van der Waals surface area contributed by atoms with Crippen LogP contribution >= 0.6 is 0 Å². The van der Waals surface area contributed by atoms with Crippen molar-refractivity contribution in [3.05, 3.63) is 95.4 Å². The van der Waals surface area contributed by atoms with E-state index in [1.807, 2.05) is 30.7 Å². The average molecular weight is 398 g/mol. The van der Waals surface area contributed by atoms with Crippen LogP contribution in [0.25, 0.3) is 33.5 Å². The lowest BCUT2D eigenvalue weighted by atomic mass is 9.83. The molecule has 2 heterocycles. The van der Waals surface area contributed by atoms with Crippen LogP contribution in [0.1, 0.15) is 44.3 Å². The molecule has 0 aliphatic heterocycles. The van der Waals surface area contributed by atoms with E-state index >= 15 is 0 Å². The van der Waals surface area contributed by atoms with Crippen molar-refractivity contribution in [2.75, 3.05) is 0 Å². The molecule has 0 spiro atoms. The van der Waals surface area contributed by atoms with Gasteiger partial charge >= 0.3 is 0 Å². The van der Waals surface area contributed by atoms with Crippen LogP contribution in [0.5, 0.6) is 0 Å². The zero-order chi connectivity index (χ0) is 26.0. The summed E-state index contributed by atoms with van der Waals surface area (Å²) in [6.07, 6.45) is 3.53. The SMILES string of the molecule is [2H]C([2H])([2H])C1(C([2H])([2H])[2H])c2cc(C)c(-c3ccc(-c4ccc(C)cc4)c[n+]3C)cc2-c2cccnc21. The van der Waals surface area contributed by atoms with Crippen LogP contribution in [0.4, 0.5) is 0 Å². The van der Waals surface area contributed by atoms with Gasteiger partial charge in [-0.15, -0.1) is 0 Å². The first-order valence-electron chi connectivity index (χ1n) is 13.0. The van der Waals surface area contributed by atoms with E-state index in [9.17, 15) is 0 Å². The Labute approximate surface area is 187 Å². The van der Waals surface area contributed by atoms with Crippen LogP contribution in [0.2, 0.25) is 0 Å². The summed E-state index contributed by atoms with van der Waals surface area (Å²) < 4.78 is 52.2. The molecule has 30 heavy (non-hydrogen) atoms. The molecule has 0 N–H and O–H groups in total. The lowest BCUT2D eigenvalue weighted by Gasteiger charge is -2.21. The molecule has 0 bridgehead atoms. The first kappa shape index (κ1) is 13.1. The van der Waals surface area contributed by atoms with E-state index in [0.717, 1.165) is 27.9 Å². The van der Waals surface area contributed by atoms with Crippen molar-refractivity contribution in [1.29, 1.82) is 0 Å². The topological polar surface area (TPSA) is 16.8 Å². The monoisotopic (exact) mass is 397 g/mol. The molecule has 5 rings (SSSR count). The van der Waals surface area contributed by atoms with E-state index in [0.29, 0.717) is 11.1 Å². The largest absolute Gasteiger partial charge is 0.260 e. The van der Waals surface area contributed by atoms with Crippen molar-refractivity contribution >= 4 is 0 Å². The number of hydrogen-bond donors (Lipinski definition) is 0. The Kier molecular flexibility index (Phi) is 2.90. The van der Waals surface area contributed by atoms with Crippen LogP contribution < -0.4 is 4.57 Å². The number of benzene rings is 2. The Morgan fingerprint density at radius 1 is 0.867 bits per heavy atom. The minimum Gasteiger partial charge on any atom is -0.260 e. The van der Waals surface area contributed by atoms with Crippen molar-refractivity contribution in [3.8, 4) is 33.5 Å². The summed E-state index contributed by atoms with van der Waals surface area (Å²) in [4.78, 5) is 4.34. The number of hydrogen-bond acceptors (Lipinski definition) is 1. The Morgan fingerprint density at radius 3 is 2.37 bits per heavy atom. The molecule has 2 aromatic heterocycles. The highest BCUT2D eigenvalue weighted by atomic mass is 14.9. The fourth-order valence-corrected chi connectivity index (χ4v) is 4.37. The van der Waals surface area contributed by atoms with E-state index in [1.54, 1.807) is 18.2 Å². The molecule has 0 radical (unpaired) electrons. The van der Waals surface area contributed by atoms with Gasteiger partial charge < -0.3 is 0 Å². The molecule has 2 aromatic carbocycles. The number of aromatic nitrogens is 2. The summed E-state index contributed by atoms with van der Waals surface area (Å²) in [6.45, 7) is -1.68. The molecule has 2 heteroatoms. The molecular weight excluding hydrogens is 364 g/mol. The molecule has 0 saturated carbocycles. The van der Waals surface area contributed by atoms with Gasteiger partial charge in [0.25, 0.3) is 0 Å². The summed E-state index contributed by atoms with van der Waals surface area (Å²) in [5, 5.41) is 0. The molecular formula is C28H27N2+. The molecule has 148 valence electrons. The van der Waals surface area contributed by atoms with Gasteiger partial charge in [0.05, 0.1) is 5.69 Å². The van der Waals surface area contributed by atoms with Crippen molar-refractivity contribution in [3.63, 3.8) is 0 Å². The quantitative estimate of drug-likeness (QED) is 0.370. The van der Waals surface area contributed by atoms with Gasteiger partial charge in [-0.1, -0.05) is 55.7 Å². The molecule has 4 aromatic rings. The summed E-state index contributed by atoms with van der Waals surface area (Å²) >= 11 is 0. The van der Waals surface area contributed by atoms with E-state index in [1.165, 1.54) is 11.8 Å². The number of fused-ring (bicyclic) bond motifs is 3. The predicted octanol–water partition coefficient (Wildman–Crippen LogP) is 6.16. The second-order valence-corrected chi connectivity index (χ2v) is 8.14. The van der Waals surface area contributed by atoms with Crippen LogP contribution in [0.15, 0.2) is 73.1 Å². The zero-order valence-electron chi connectivity index (χ0n) is 23.3. The smallest absolute Gasteiger partial charge is 0.212 e. The third-order valence-electron chi connectivity index (χ3n) is 6.02. The summed E-state index contributed by atoms with van der Waals surface area (Å²) in [5.41, 5.74) is 5.41. The molecule has 0 amide bonds. The number of rotatable bonds is 2. The van der Waals surface area contributed by atoms with Crippen molar-refractivity contribution in [2.24, 2.45) is 7.05 Å². The highest BCUT2D eigenvalue weighted by molar-refractivity contribution is 5.83. The average Bonchev–Trinajstić information content (AvgIpc) is 3.09. The fourth-order valence-electron chi connectivity index (χ4n) is 4.37. The Balaban J connectivity index is 1.73. The predicted molar refractivity (Wildman–Crippen MR) is 123 cm³/mol. The summed E-state index contributed by atoms with van der Waals surface area (Å²) in [5.74, 6) is 0. The maximum atomic E-state index is 8.36. The Morgan fingerprint density at radius 2 is 1.63 bits per heavy atom.